The third-order valence-corrected chi connectivity index (χ3v) is 6.74. The van der Waals surface area contributed by atoms with Crippen molar-refractivity contribution >= 4 is 28.8 Å². The Balaban J connectivity index is 2.04. The standard InChI is InChI=1S/C25H32O6S/c1-6-25(28,7-2)12-8-9-17(3)22-13-18(16-32-22)15-31-19-10-11-20(23(26)29-4)21(14-19)24(27)30-5/h9-11,13-14,16,28H,6-8,12,15H2,1-5H3/b17-9+. The SMILES string of the molecule is CCC(O)(CC)CC/C=C(\C)c1cc(COc2ccc(C(=O)OC)c(C(=O)OC)c2)cs1. The first-order valence-corrected chi connectivity index (χ1v) is 11.5. The Kier molecular flexibility index (Phi) is 9.47. The Labute approximate surface area is 193 Å². The molecule has 0 bridgehead atoms. The molecular formula is C25H32O6S. The summed E-state index contributed by atoms with van der Waals surface area (Å²) in [4.78, 5) is 25.1. The fourth-order valence-electron chi connectivity index (χ4n) is 3.27. The van der Waals surface area contributed by atoms with E-state index in [1.807, 2.05) is 19.2 Å². The van der Waals surface area contributed by atoms with Crippen LogP contribution in [0.3, 0.4) is 0 Å². The van der Waals surface area contributed by atoms with Gasteiger partial charge in [0.25, 0.3) is 0 Å². The Morgan fingerprint density at radius 2 is 1.72 bits per heavy atom. The first-order valence-electron chi connectivity index (χ1n) is 10.7. The van der Waals surface area contributed by atoms with Crippen LogP contribution in [0.1, 0.15) is 77.6 Å². The molecule has 1 heterocycles. The smallest absolute Gasteiger partial charge is 0.338 e. The summed E-state index contributed by atoms with van der Waals surface area (Å²) in [6, 6.07) is 6.68. The molecule has 6 nitrogen and oxygen atoms in total. The average Bonchev–Trinajstić information content (AvgIpc) is 3.30. The molecule has 0 unspecified atom stereocenters. The molecule has 1 aromatic heterocycles. The van der Waals surface area contributed by atoms with Crippen LogP contribution in [0.25, 0.3) is 5.57 Å². The van der Waals surface area contributed by atoms with Gasteiger partial charge in [0.2, 0.25) is 0 Å². The molecule has 0 radical (unpaired) electrons. The van der Waals surface area contributed by atoms with Gasteiger partial charge in [-0.1, -0.05) is 19.9 Å². The van der Waals surface area contributed by atoms with Gasteiger partial charge >= 0.3 is 11.9 Å². The van der Waals surface area contributed by atoms with Crippen LogP contribution >= 0.6 is 11.3 Å². The molecule has 0 saturated carbocycles. The lowest BCUT2D eigenvalue weighted by atomic mass is 9.91. The third kappa shape index (κ3) is 6.68. The average molecular weight is 461 g/mol. The molecule has 174 valence electrons. The lowest BCUT2D eigenvalue weighted by Gasteiger charge is -2.24. The molecule has 32 heavy (non-hydrogen) atoms. The molecule has 0 spiro atoms. The van der Waals surface area contributed by atoms with Gasteiger partial charge in [-0.3, -0.25) is 0 Å². The van der Waals surface area contributed by atoms with Crippen molar-refractivity contribution in [1.29, 1.82) is 0 Å². The minimum absolute atomic E-state index is 0.0979. The Bertz CT molecular complexity index is 955. The van der Waals surface area contributed by atoms with E-state index in [-0.39, 0.29) is 11.1 Å². The highest BCUT2D eigenvalue weighted by molar-refractivity contribution is 7.11. The Hall–Kier alpha value is -2.64. The molecule has 0 aliphatic carbocycles. The van der Waals surface area contributed by atoms with E-state index in [2.05, 4.69) is 19.1 Å². The van der Waals surface area contributed by atoms with Crippen molar-refractivity contribution in [2.45, 2.75) is 58.7 Å². The summed E-state index contributed by atoms with van der Waals surface area (Å²) in [6.45, 7) is 6.43. The number of methoxy groups -OCH3 is 2. The van der Waals surface area contributed by atoms with E-state index in [9.17, 15) is 14.7 Å². The summed E-state index contributed by atoms with van der Waals surface area (Å²) in [5.41, 5.74) is 1.82. The van der Waals surface area contributed by atoms with E-state index in [0.29, 0.717) is 12.4 Å². The van der Waals surface area contributed by atoms with Crippen molar-refractivity contribution in [1.82, 2.24) is 0 Å². The molecule has 7 heteroatoms. The maximum Gasteiger partial charge on any atom is 0.338 e. The monoisotopic (exact) mass is 460 g/mol. The highest BCUT2D eigenvalue weighted by atomic mass is 32.1. The zero-order chi connectivity index (χ0) is 23.7. The predicted octanol–water partition coefficient (Wildman–Crippen LogP) is 5.63. The van der Waals surface area contributed by atoms with Crippen molar-refractivity contribution in [3.63, 3.8) is 0 Å². The summed E-state index contributed by atoms with van der Waals surface area (Å²) in [5.74, 6) is -0.790. The van der Waals surface area contributed by atoms with E-state index in [0.717, 1.165) is 36.1 Å². The zero-order valence-corrected chi connectivity index (χ0v) is 20.2. The number of aliphatic hydroxyl groups is 1. The van der Waals surface area contributed by atoms with Crippen LogP contribution in [0.5, 0.6) is 5.75 Å². The molecule has 1 N–H and O–H groups in total. The van der Waals surface area contributed by atoms with Crippen LogP contribution < -0.4 is 4.74 Å². The first-order chi connectivity index (χ1) is 15.3. The number of thiophene rings is 1. The van der Waals surface area contributed by atoms with Crippen molar-refractivity contribution in [3.05, 3.63) is 57.3 Å². The highest BCUT2D eigenvalue weighted by Crippen LogP contribution is 2.27. The second-order valence-corrected chi connectivity index (χ2v) is 8.57. The second kappa shape index (κ2) is 11.8. The third-order valence-electron chi connectivity index (χ3n) is 5.63. The normalized spacial score (nSPS) is 11.9. The van der Waals surface area contributed by atoms with Crippen molar-refractivity contribution < 1.29 is 28.9 Å². The van der Waals surface area contributed by atoms with Crippen LogP contribution in [-0.4, -0.2) is 36.9 Å². The Morgan fingerprint density at radius 3 is 2.34 bits per heavy atom. The quantitative estimate of drug-likeness (QED) is 0.437. The molecule has 0 aliphatic heterocycles. The summed E-state index contributed by atoms with van der Waals surface area (Å²) >= 11 is 1.64. The zero-order valence-electron chi connectivity index (χ0n) is 19.4. The molecule has 1 aromatic carbocycles. The number of hydrogen-bond donors (Lipinski definition) is 1. The van der Waals surface area contributed by atoms with E-state index in [1.54, 1.807) is 17.4 Å². The van der Waals surface area contributed by atoms with Crippen LogP contribution in [0, 0.1) is 0 Å². The fourth-order valence-corrected chi connectivity index (χ4v) is 4.17. The molecule has 0 fully saturated rings. The maximum atomic E-state index is 12.0. The van der Waals surface area contributed by atoms with Crippen molar-refractivity contribution in [2.75, 3.05) is 14.2 Å². The molecular weight excluding hydrogens is 428 g/mol. The summed E-state index contributed by atoms with van der Waals surface area (Å²) in [7, 11) is 2.51. The molecule has 0 atom stereocenters. The van der Waals surface area contributed by atoms with E-state index in [4.69, 9.17) is 14.2 Å². The largest absolute Gasteiger partial charge is 0.489 e. The van der Waals surface area contributed by atoms with Crippen LogP contribution in [0.4, 0.5) is 0 Å². The maximum absolute atomic E-state index is 12.0. The van der Waals surface area contributed by atoms with Crippen LogP contribution in [0.15, 0.2) is 35.7 Å². The molecule has 0 aliphatic rings. The van der Waals surface area contributed by atoms with Crippen LogP contribution in [0.2, 0.25) is 0 Å². The molecule has 0 saturated heterocycles. The predicted molar refractivity (Wildman–Crippen MR) is 126 cm³/mol. The van der Waals surface area contributed by atoms with Crippen LogP contribution in [-0.2, 0) is 16.1 Å². The Morgan fingerprint density at radius 1 is 1.06 bits per heavy atom. The van der Waals surface area contributed by atoms with Gasteiger partial charge in [-0.05, 0) is 67.8 Å². The summed E-state index contributed by atoms with van der Waals surface area (Å²) in [6.07, 6.45) is 5.27. The lowest BCUT2D eigenvalue weighted by molar-refractivity contribution is 0.0246. The summed E-state index contributed by atoms with van der Waals surface area (Å²) < 4.78 is 15.3. The highest BCUT2D eigenvalue weighted by Gasteiger charge is 2.21. The topological polar surface area (TPSA) is 82.1 Å². The number of benzene rings is 1. The van der Waals surface area contributed by atoms with Gasteiger partial charge in [-0.25, -0.2) is 9.59 Å². The number of carbonyl (C=O) groups excluding carboxylic acids is 2. The summed E-state index contributed by atoms with van der Waals surface area (Å²) in [5, 5.41) is 12.5. The first kappa shape index (κ1) is 25.6. The van der Waals surface area contributed by atoms with Gasteiger partial charge < -0.3 is 19.3 Å². The second-order valence-electron chi connectivity index (χ2n) is 7.66. The van der Waals surface area contributed by atoms with Crippen molar-refractivity contribution in [3.8, 4) is 5.75 Å². The van der Waals surface area contributed by atoms with E-state index in [1.165, 1.54) is 31.9 Å². The van der Waals surface area contributed by atoms with Crippen molar-refractivity contribution in [2.24, 2.45) is 0 Å². The fraction of sp³-hybridized carbons (Fsp3) is 0.440. The van der Waals surface area contributed by atoms with Gasteiger partial charge in [0.15, 0.2) is 0 Å². The van der Waals surface area contributed by atoms with Gasteiger partial charge in [0.1, 0.15) is 12.4 Å². The van der Waals surface area contributed by atoms with Gasteiger partial charge in [-0.2, -0.15) is 0 Å². The van der Waals surface area contributed by atoms with E-state index < -0.39 is 17.5 Å². The van der Waals surface area contributed by atoms with Gasteiger partial charge in [0.05, 0.1) is 30.9 Å². The van der Waals surface area contributed by atoms with E-state index >= 15 is 0 Å². The minimum atomic E-state index is -0.632. The number of ether oxygens (including phenoxy) is 3. The molecule has 2 aromatic rings. The molecule has 2 rings (SSSR count). The number of rotatable bonds is 11. The van der Waals surface area contributed by atoms with Gasteiger partial charge in [0, 0.05) is 10.4 Å². The number of allylic oxidation sites excluding steroid dienone is 2. The number of esters is 2. The number of hydrogen-bond acceptors (Lipinski definition) is 7. The lowest BCUT2D eigenvalue weighted by Crippen LogP contribution is -2.25. The van der Waals surface area contributed by atoms with Gasteiger partial charge in [-0.15, -0.1) is 11.3 Å². The molecule has 0 amide bonds. The minimum Gasteiger partial charge on any atom is -0.489 e. The number of carbonyl (C=O) groups is 2.